The Kier molecular flexibility index (Phi) is 4.69. The van der Waals surface area contributed by atoms with Gasteiger partial charge in [-0.15, -0.1) is 0 Å². The minimum atomic E-state index is -0.193. The molecule has 0 saturated carbocycles. The number of anilines is 1. The molecule has 0 saturated heterocycles. The van der Waals surface area contributed by atoms with E-state index >= 15 is 0 Å². The fourth-order valence-electron chi connectivity index (χ4n) is 1.46. The number of aryl methyl sites for hydroxylation is 1. The first-order chi connectivity index (χ1) is 9.69. The van der Waals surface area contributed by atoms with E-state index in [9.17, 15) is 4.79 Å². The number of thioether (sulfide) groups is 1. The molecule has 1 heterocycles. The highest BCUT2D eigenvalue weighted by atomic mass is 32.2. The number of nitriles is 1. The largest absolute Gasteiger partial charge is 0.324 e. The number of hydrogen-bond donors (Lipinski definition) is 1. The summed E-state index contributed by atoms with van der Waals surface area (Å²) < 4.78 is 0. The zero-order valence-electron chi connectivity index (χ0n) is 10.8. The standard InChI is InChI=1S/C14H12N4OS/c1-10-7-16-14(17-8-10)20-9-13(19)18-12-5-3-2-4-11(12)6-15/h2-5,7-8H,9H2,1H3,(H,18,19). The van der Waals surface area contributed by atoms with Crippen LogP contribution in [0.3, 0.4) is 0 Å². The molecule has 0 bridgehead atoms. The van der Waals surface area contributed by atoms with Gasteiger partial charge in [0.15, 0.2) is 5.16 Å². The smallest absolute Gasteiger partial charge is 0.234 e. The van der Waals surface area contributed by atoms with Crippen LogP contribution in [0.5, 0.6) is 0 Å². The molecule has 0 radical (unpaired) electrons. The van der Waals surface area contributed by atoms with Gasteiger partial charge < -0.3 is 5.32 Å². The van der Waals surface area contributed by atoms with Crippen LogP contribution in [0.15, 0.2) is 41.8 Å². The molecule has 100 valence electrons. The molecule has 0 aliphatic carbocycles. The predicted molar refractivity (Wildman–Crippen MR) is 77.3 cm³/mol. The maximum atomic E-state index is 11.8. The molecule has 0 aliphatic rings. The van der Waals surface area contributed by atoms with Crippen molar-refractivity contribution >= 4 is 23.4 Å². The molecule has 0 spiro atoms. The Labute approximate surface area is 121 Å². The molecule has 5 nitrogen and oxygen atoms in total. The molecule has 20 heavy (non-hydrogen) atoms. The predicted octanol–water partition coefficient (Wildman–Crippen LogP) is 2.39. The van der Waals surface area contributed by atoms with Gasteiger partial charge in [0, 0.05) is 12.4 Å². The summed E-state index contributed by atoms with van der Waals surface area (Å²) in [4.78, 5) is 20.0. The second kappa shape index (κ2) is 6.68. The van der Waals surface area contributed by atoms with Crippen molar-refractivity contribution in [2.24, 2.45) is 0 Å². The van der Waals surface area contributed by atoms with Crippen molar-refractivity contribution in [2.45, 2.75) is 12.1 Å². The van der Waals surface area contributed by atoms with E-state index in [0.29, 0.717) is 16.4 Å². The average molecular weight is 284 g/mol. The van der Waals surface area contributed by atoms with Gasteiger partial charge in [-0.3, -0.25) is 4.79 Å². The topological polar surface area (TPSA) is 78.7 Å². The third-order valence-corrected chi connectivity index (χ3v) is 3.29. The first-order valence-corrected chi connectivity index (χ1v) is 6.88. The number of benzene rings is 1. The normalized spacial score (nSPS) is 9.80. The Hall–Kier alpha value is -2.39. The Balaban J connectivity index is 1.93. The van der Waals surface area contributed by atoms with Crippen molar-refractivity contribution in [3.8, 4) is 6.07 Å². The highest BCUT2D eigenvalue weighted by Crippen LogP contribution is 2.16. The molecule has 1 aromatic carbocycles. The van der Waals surface area contributed by atoms with E-state index in [4.69, 9.17) is 5.26 Å². The van der Waals surface area contributed by atoms with Crippen LogP contribution >= 0.6 is 11.8 Å². The van der Waals surface area contributed by atoms with E-state index in [1.165, 1.54) is 11.8 Å². The third-order valence-electron chi connectivity index (χ3n) is 2.41. The van der Waals surface area contributed by atoms with Crippen molar-refractivity contribution in [1.82, 2.24) is 9.97 Å². The van der Waals surface area contributed by atoms with Crippen LogP contribution in [0.4, 0.5) is 5.69 Å². The Morgan fingerprint density at radius 1 is 1.35 bits per heavy atom. The number of rotatable bonds is 4. The molecule has 1 N–H and O–H groups in total. The Morgan fingerprint density at radius 2 is 2.05 bits per heavy atom. The summed E-state index contributed by atoms with van der Waals surface area (Å²) in [6.07, 6.45) is 3.41. The van der Waals surface area contributed by atoms with Gasteiger partial charge in [-0.1, -0.05) is 23.9 Å². The van der Waals surface area contributed by atoms with E-state index in [1.54, 1.807) is 36.7 Å². The summed E-state index contributed by atoms with van der Waals surface area (Å²) in [6.45, 7) is 1.90. The summed E-state index contributed by atoms with van der Waals surface area (Å²) in [5.41, 5.74) is 1.93. The van der Waals surface area contributed by atoms with Crippen molar-refractivity contribution < 1.29 is 4.79 Å². The lowest BCUT2D eigenvalue weighted by Gasteiger charge is -2.06. The van der Waals surface area contributed by atoms with Gasteiger partial charge in [0.25, 0.3) is 0 Å². The molecule has 2 aromatic rings. The Bertz CT molecular complexity index is 649. The molecule has 1 aromatic heterocycles. The molecular formula is C14H12N4OS. The van der Waals surface area contributed by atoms with Crippen molar-refractivity contribution in [3.05, 3.63) is 47.8 Å². The van der Waals surface area contributed by atoms with Gasteiger partial charge in [-0.25, -0.2) is 9.97 Å². The lowest BCUT2D eigenvalue weighted by atomic mass is 10.2. The van der Waals surface area contributed by atoms with E-state index in [0.717, 1.165) is 5.56 Å². The van der Waals surface area contributed by atoms with Crippen molar-refractivity contribution in [2.75, 3.05) is 11.1 Å². The monoisotopic (exact) mass is 284 g/mol. The second-order valence-corrected chi connectivity index (χ2v) is 4.98. The fourth-order valence-corrected chi connectivity index (χ4v) is 2.05. The first kappa shape index (κ1) is 14.0. The summed E-state index contributed by atoms with van der Waals surface area (Å²) in [5, 5.41) is 12.2. The van der Waals surface area contributed by atoms with E-state index in [1.807, 2.05) is 13.0 Å². The molecule has 1 amide bonds. The third kappa shape index (κ3) is 3.80. The lowest BCUT2D eigenvalue weighted by molar-refractivity contribution is -0.113. The zero-order chi connectivity index (χ0) is 14.4. The van der Waals surface area contributed by atoms with Crippen molar-refractivity contribution in [1.29, 1.82) is 5.26 Å². The summed E-state index contributed by atoms with van der Waals surface area (Å²) in [6, 6.07) is 8.91. The maximum Gasteiger partial charge on any atom is 0.234 e. The van der Waals surface area contributed by atoms with E-state index in [-0.39, 0.29) is 11.7 Å². The highest BCUT2D eigenvalue weighted by molar-refractivity contribution is 7.99. The van der Waals surface area contributed by atoms with Gasteiger partial charge in [0.2, 0.25) is 5.91 Å². The molecule has 0 unspecified atom stereocenters. The number of nitrogens with zero attached hydrogens (tertiary/aromatic N) is 3. The van der Waals surface area contributed by atoms with Crippen LogP contribution in [0, 0.1) is 18.3 Å². The van der Waals surface area contributed by atoms with Gasteiger partial charge in [0.1, 0.15) is 6.07 Å². The second-order valence-electron chi connectivity index (χ2n) is 4.04. The Morgan fingerprint density at radius 3 is 2.75 bits per heavy atom. The molecule has 2 rings (SSSR count). The van der Waals surface area contributed by atoms with E-state index < -0.39 is 0 Å². The van der Waals surface area contributed by atoms with Crippen LogP contribution in [0.1, 0.15) is 11.1 Å². The lowest BCUT2D eigenvalue weighted by Crippen LogP contribution is -2.15. The van der Waals surface area contributed by atoms with Gasteiger partial charge in [-0.05, 0) is 24.6 Å². The minimum absolute atomic E-state index is 0.193. The molecular weight excluding hydrogens is 272 g/mol. The molecule has 6 heteroatoms. The maximum absolute atomic E-state index is 11.8. The van der Waals surface area contributed by atoms with Crippen LogP contribution in [0.25, 0.3) is 0 Å². The van der Waals surface area contributed by atoms with Crippen LogP contribution in [0.2, 0.25) is 0 Å². The highest BCUT2D eigenvalue weighted by Gasteiger charge is 2.07. The van der Waals surface area contributed by atoms with Gasteiger partial charge in [0.05, 0.1) is 17.0 Å². The number of carbonyl (C=O) groups excluding carboxylic acids is 1. The number of aromatic nitrogens is 2. The van der Waals surface area contributed by atoms with Gasteiger partial charge in [-0.2, -0.15) is 5.26 Å². The SMILES string of the molecule is Cc1cnc(SCC(=O)Nc2ccccc2C#N)nc1. The van der Waals surface area contributed by atoms with Crippen LogP contribution in [-0.2, 0) is 4.79 Å². The van der Waals surface area contributed by atoms with Crippen molar-refractivity contribution in [3.63, 3.8) is 0 Å². The fraction of sp³-hybridized carbons (Fsp3) is 0.143. The van der Waals surface area contributed by atoms with Crippen LogP contribution in [-0.4, -0.2) is 21.6 Å². The number of nitrogens with one attached hydrogen (secondary N) is 1. The summed E-state index contributed by atoms with van der Waals surface area (Å²) >= 11 is 1.25. The van der Waals surface area contributed by atoms with E-state index in [2.05, 4.69) is 15.3 Å². The molecule has 0 atom stereocenters. The average Bonchev–Trinajstić information content (AvgIpc) is 2.47. The zero-order valence-corrected chi connectivity index (χ0v) is 11.6. The number of para-hydroxylation sites is 1. The quantitative estimate of drug-likeness (QED) is 0.689. The summed E-state index contributed by atoms with van der Waals surface area (Å²) in [5.74, 6) is 0.00454. The number of hydrogen-bond acceptors (Lipinski definition) is 5. The first-order valence-electron chi connectivity index (χ1n) is 5.89. The number of carbonyl (C=O) groups is 1. The molecule has 0 fully saturated rings. The molecule has 0 aliphatic heterocycles. The number of amides is 1. The minimum Gasteiger partial charge on any atom is -0.324 e. The van der Waals surface area contributed by atoms with Crippen LogP contribution < -0.4 is 5.32 Å². The summed E-state index contributed by atoms with van der Waals surface area (Å²) in [7, 11) is 0. The van der Waals surface area contributed by atoms with Gasteiger partial charge >= 0.3 is 0 Å².